The van der Waals surface area contributed by atoms with Crippen molar-refractivity contribution in [3.8, 4) is 11.3 Å². The lowest BCUT2D eigenvalue weighted by Crippen LogP contribution is -2.44. The number of nitrogens with zero attached hydrogens (tertiary/aromatic N) is 4. The molecule has 0 atom stereocenters. The van der Waals surface area contributed by atoms with Gasteiger partial charge in [-0.3, -0.25) is 0 Å². The van der Waals surface area contributed by atoms with Gasteiger partial charge in [0, 0.05) is 55.7 Å². The third-order valence-corrected chi connectivity index (χ3v) is 5.61. The van der Waals surface area contributed by atoms with Crippen molar-refractivity contribution in [2.45, 2.75) is 5.16 Å². The summed E-state index contributed by atoms with van der Waals surface area (Å²) in [5.41, 5.74) is 2.38. The zero-order valence-corrected chi connectivity index (χ0v) is 16.3. The number of anilines is 1. The molecule has 1 aliphatic rings. The Kier molecular flexibility index (Phi) is 4.80. The van der Waals surface area contributed by atoms with Crippen LogP contribution in [0.3, 0.4) is 0 Å². The Morgan fingerprint density at radius 2 is 2.00 bits per heavy atom. The molecule has 0 aliphatic carbocycles. The Bertz CT molecular complexity index is 1050. The van der Waals surface area contributed by atoms with Gasteiger partial charge in [0.1, 0.15) is 5.58 Å². The van der Waals surface area contributed by atoms with Crippen LogP contribution in [-0.2, 0) is 0 Å². The number of thioether (sulfide) groups is 1. The van der Waals surface area contributed by atoms with Gasteiger partial charge in [-0.25, -0.2) is 9.78 Å². The van der Waals surface area contributed by atoms with Crippen molar-refractivity contribution in [3.05, 3.63) is 47.5 Å². The standard InChI is InChI=1S/C20H22N4O2S/c1-4-23-13-17(21-20(23)27-3)16-11-14-5-6-15(12-18(14)26-19(16)25)24-9-7-22(2)8-10-24/h4-6,11-13H,1,7-10H2,2-3H3. The van der Waals surface area contributed by atoms with E-state index in [4.69, 9.17) is 4.42 Å². The van der Waals surface area contributed by atoms with E-state index in [9.17, 15) is 4.79 Å². The molecule has 2 aromatic heterocycles. The molecule has 27 heavy (non-hydrogen) atoms. The number of hydrogen-bond acceptors (Lipinski definition) is 6. The number of benzene rings is 1. The average Bonchev–Trinajstić information content (AvgIpc) is 3.11. The van der Waals surface area contributed by atoms with Gasteiger partial charge in [0.05, 0.1) is 11.3 Å². The van der Waals surface area contributed by atoms with Gasteiger partial charge >= 0.3 is 5.63 Å². The number of hydrogen-bond donors (Lipinski definition) is 0. The predicted octanol–water partition coefficient (Wildman–Crippen LogP) is 3.23. The van der Waals surface area contributed by atoms with E-state index in [1.807, 2.05) is 24.5 Å². The zero-order valence-electron chi connectivity index (χ0n) is 15.5. The highest BCUT2D eigenvalue weighted by Crippen LogP contribution is 2.27. The summed E-state index contributed by atoms with van der Waals surface area (Å²) in [6, 6.07) is 7.92. The van der Waals surface area contributed by atoms with Gasteiger partial charge in [0.15, 0.2) is 5.16 Å². The lowest BCUT2D eigenvalue weighted by atomic mass is 10.1. The molecule has 7 heteroatoms. The molecule has 3 aromatic rings. The summed E-state index contributed by atoms with van der Waals surface area (Å²) < 4.78 is 7.45. The van der Waals surface area contributed by atoms with Crippen molar-refractivity contribution in [1.29, 1.82) is 0 Å². The van der Waals surface area contributed by atoms with Crippen LogP contribution in [0.15, 0.2) is 51.4 Å². The molecule has 0 radical (unpaired) electrons. The van der Waals surface area contributed by atoms with Crippen LogP contribution < -0.4 is 10.5 Å². The Morgan fingerprint density at radius 3 is 2.67 bits per heavy atom. The minimum Gasteiger partial charge on any atom is -0.422 e. The molecule has 140 valence electrons. The smallest absolute Gasteiger partial charge is 0.345 e. The summed E-state index contributed by atoms with van der Waals surface area (Å²) in [6.07, 6.45) is 5.41. The van der Waals surface area contributed by atoms with E-state index in [0.717, 1.165) is 42.4 Å². The van der Waals surface area contributed by atoms with Crippen LogP contribution in [0.2, 0.25) is 0 Å². The molecule has 0 N–H and O–H groups in total. The number of rotatable bonds is 4. The monoisotopic (exact) mass is 382 g/mol. The van der Waals surface area contributed by atoms with Crippen LogP contribution in [0.5, 0.6) is 0 Å². The van der Waals surface area contributed by atoms with Gasteiger partial charge < -0.3 is 18.8 Å². The highest BCUT2D eigenvalue weighted by molar-refractivity contribution is 7.98. The van der Waals surface area contributed by atoms with Gasteiger partial charge in [-0.2, -0.15) is 0 Å². The molecule has 1 aromatic carbocycles. The quantitative estimate of drug-likeness (QED) is 0.510. The van der Waals surface area contributed by atoms with Crippen molar-refractivity contribution in [2.24, 2.45) is 0 Å². The second-order valence-electron chi connectivity index (χ2n) is 6.66. The number of piperazine rings is 1. The molecule has 1 fully saturated rings. The van der Waals surface area contributed by atoms with Crippen LogP contribution in [0, 0.1) is 0 Å². The van der Waals surface area contributed by atoms with Crippen LogP contribution >= 0.6 is 11.8 Å². The largest absolute Gasteiger partial charge is 0.422 e. The summed E-state index contributed by atoms with van der Waals surface area (Å²) in [4.78, 5) is 21.7. The summed E-state index contributed by atoms with van der Waals surface area (Å²) in [6.45, 7) is 7.79. The van der Waals surface area contributed by atoms with E-state index in [1.54, 1.807) is 17.0 Å². The normalized spacial score (nSPS) is 15.4. The molecule has 0 saturated carbocycles. The van der Waals surface area contributed by atoms with Crippen LogP contribution in [0.1, 0.15) is 0 Å². The predicted molar refractivity (Wildman–Crippen MR) is 112 cm³/mol. The molecule has 0 amide bonds. The molecular weight excluding hydrogens is 360 g/mol. The molecule has 0 bridgehead atoms. The van der Waals surface area contributed by atoms with Crippen molar-refractivity contribution >= 4 is 34.6 Å². The first kappa shape index (κ1) is 17.9. The maximum Gasteiger partial charge on any atom is 0.345 e. The molecule has 0 spiro atoms. The molecule has 6 nitrogen and oxygen atoms in total. The fourth-order valence-corrected chi connectivity index (χ4v) is 3.86. The highest BCUT2D eigenvalue weighted by Gasteiger charge is 2.17. The average molecular weight is 382 g/mol. The minimum absolute atomic E-state index is 0.376. The van der Waals surface area contributed by atoms with Crippen molar-refractivity contribution in [3.63, 3.8) is 0 Å². The number of fused-ring (bicyclic) bond motifs is 1. The Labute approximate surface area is 162 Å². The molecular formula is C20H22N4O2S. The number of aromatic nitrogens is 2. The molecule has 4 rings (SSSR count). The first-order chi connectivity index (χ1) is 13.1. The number of likely N-dealkylation sites (N-methyl/N-ethyl adjacent to an activating group) is 1. The lowest BCUT2D eigenvalue weighted by Gasteiger charge is -2.34. The second kappa shape index (κ2) is 7.25. The lowest BCUT2D eigenvalue weighted by molar-refractivity contribution is 0.313. The van der Waals surface area contributed by atoms with Crippen molar-refractivity contribution in [2.75, 3.05) is 44.4 Å². The molecule has 0 unspecified atom stereocenters. The fraction of sp³-hybridized carbons (Fsp3) is 0.300. The van der Waals surface area contributed by atoms with Gasteiger partial charge in [0.2, 0.25) is 0 Å². The highest BCUT2D eigenvalue weighted by atomic mass is 32.2. The van der Waals surface area contributed by atoms with Gasteiger partial charge in [-0.15, -0.1) is 0 Å². The Morgan fingerprint density at radius 1 is 1.22 bits per heavy atom. The summed E-state index contributed by atoms with van der Waals surface area (Å²) >= 11 is 1.50. The van der Waals surface area contributed by atoms with E-state index in [1.165, 1.54) is 11.8 Å². The van der Waals surface area contributed by atoms with Crippen molar-refractivity contribution in [1.82, 2.24) is 14.5 Å². The SMILES string of the molecule is C=Cn1cc(-c2cc3ccc(N4CCN(C)CC4)cc3oc2=O)nc1SC. The number of imidazole rings is 1. The van der Waals surface area contributed by atoms with E-state index in [0.29, 0.717) is 16.8 Å². The third kappa shape index (κ3) is 3.40. The molecule has 1 saturated heterocycles. The Hall–Kier alpha value is -2.51. The van der Waals surface area contributed by atoms with Gasteiger partial charge in [-0.1, -0.05) is 18.3 Å². The van der Waals surface area contributed by atoms with E-state index in [2.05, 4.69) is 34.5 Å². The van der Waals surface area contributed by atoms with Gasteiger partial charge in [-0.05, 0) is 31.5 Å². The minimum atomic E-state index is -0.376. The van der Waals surface area contributed by atoms with Crippen molar-refractivity contribution < 1.29 is 4.42 Å². The first-order valence-corrected chi connectivity index (χ1v) is 10.1. The second-order valence-corrected chi connectivity index (χ2v) is 7.44. The first-order valence-electron chi connectivity index (χ1n) is 8.86. The summed E-state index contributed by atoms with van der Waals surface area (Å²) in [7, 11) is 2.13. The zero-order chi connectivity index (χ0) is 19.0. The molecule has 1 aliphatic heterocycles. The van der Waals surface area contributed by atoms with Crippen LogP contribution in [0.4, 0.5) is 5.69 Å². The Balaban J connectivity index is 1.72. The summed E-state index contributed by atoms with van der Waals surface area (Å²) in [5.74, 6) is 0. The topological polar surface area (TPSA) is 54.5 Å². The molecule has 3 heterocycles. The van der Waals surface area contributed by atoms with Gasteiger partial charge in [0.25, 0.3) is 0 Å². The maximum atomic E-state index is 12.6. The fourth-order valence-electron chi connectivity index (χ4n) is 3.33. The van der Waals surface area contributed by atoms with E-state index in [-0.39, 0.29) is 5.63 Å². The van der Waals surface area contributed by atoms with E-state index < -0.39 is 0 Å². The van der Waals surface area contributed by atoms with Crippen LogP contribution in [0.25, 0.3) is 28.4 Å². The summed E-state index contributed by atoms with van der Waals surface area (Å²) in [5, 5.41) is 1.67. The van der Waals surface area contributed by atoms with E-state index >= 15 is 0 Å². The maximum absolute atomic E-state index is 12.6. The third-order valence-electron chi connectivity index (χ3n) is 4.94. The van der Waals surface area contributed by atoms with Crippen LogP contribution in [-0.4, -0.2) is 53.9 Å².